The molecule has 2 aromatic heterocycles. The first-order valence-electron chi connectivity index (χ1n) is 12.3. The number of hydrogen-bond donors (Lipinski definition) is 3. The lowest BCUT2D eigenvalue weighted by atomic mass is 9.96. The van der Waals surface area contributed by atoms with E-state index in [-0.39, 0.29) is 36.0 Å². The van der Waals surface area contributed by atoms with Crippen molar-refractivity contribution in [1.82, 2.24) is 19.8 Å². The monoisotopic (exact) mass is 529 g/mol. The number of pyridine rings is 1. The zero-order valence-electron chi connectivity index (χ0n) is 21.1. The fourth-order valence-corrected chi connectivity index (χ4v) is 5.38. The van der Waals surface area contributed by atoms with Crippen LogP contribution in [0.5, 0.6) is 5.75 Å². The lowest BCUT2D eigenvalue weighted by Gasteiger charge is -2.28. The molecule has 0 spiro atoms. The average molecular weight is 530 g/mol. The molecule has 38 heavy (non-hydrogen) atoms. The molecule has 0 radical (unpaired) electrons. The van der Waals surface area contributed by atoms with E-state index in [1.54, 1.807) is 18.3 Å². The number of phenolic OH excluding ortho intramolecular Hbond substituents is 1. The summed E-state index contributed by atoms with van der Waals surface area (Å²) < 4.78 is 15.4. The molecule has 0 unspecified atom stereocenters. The molecule has 0 bridgehead atoms. The van der Waals surface area contributed by atoms with Crippen LogP contribution in [0.15, 0.2) is 79.0 Å². The van der Waals surface area contributed by atoms with Gasteiger partial charge in [-0.15, -0.1) is 0 Å². The molecule has 0 saturated carbocycles. The number of thiocarbonyl (C=S) groups is 1. The summed E-state index contributed by atoms with van der Waals surface area (Å²) in [5, 5.41) is 16.6. The summed E-state index contributed by atoms with van der Waals surface area (Å²) in [5.74, 6) is -0.333. The number of halogens is 1. The Morgan fingerprint density at radius 2 is 1.84 bits per heavy atom. The van der Waals surface area contributed by atoms with Crippen molar-refractivity contribution in [3.05, 3.63) is 107 Å². The number of carbonyl (C=O) groups is 1. The summed E-state index contributed by atoms with van der Waals surface area (Å²) in [7, 11) is 0. The van der Waals surface area contributed by atoms with Crippen molar-refractivity contribution in [3.8, 4) is 11.4 Å². The summed E-state index contributed by atoms with van der Waals surface area (Å²) in [6.07, 6.45) is 1.96. The smallest absolute Gasteiger partial charge is 0.226 e. The summed E-state index contributed by atoms with van der Waals surface area (Å²) >= 11 is 5.76. The van der Waals surface area contributed by atoms with Crippen LogP contribution in [0.1, 0.15) is 41.1 Å². The Balaban J connectivity index is 1.46. The van der Waals surface area contributed by atoms with Gasteiger partial charge in [0, 0.05) is 41.9 Å². The Hall–Kier alpha value is -4.24. The Morgan fingerprint density at radius 3 is 2.53 bits per heavy atom. The van der Waals surface area contributed by atoms with Crippen LogP contribution in [-0.2, 0) is 4.79 Å². The van der Waals surface area contributed by atoms with Crippen LogP contribution in [0, 0.1) is 19.7 Å². The van der Waals surface area contributed by atoms with Gasteiger partial charge in [0.2, 0.25) is 5.91 Å². The first-order chi connectivity index (χ1) is 18.3. The molecule has 4 aromatic rings. The molecule has 194 valence electrons. The van der Waals surface area contributed by atoms with Crippen LogP contribution < -0.4 is 10.6 Å². The van der Waals surface area contributed by atoms with Gasteiger partial charge in [0.15, 0.2) is 5.11 Å². The molecule has 1 fully saturated rings. The number of aryl methyl sites for hydroxylation is 1. The molecule has 5 rings (SSSR count). The van der Waals surface area contributed by atoms with Crippen LogP contribution in [0.2, 0.25) is 0 Å². The Morgan fingerprint density at radius 1 is 1.11 bits per heavy atom. The molecule has 1 aliphatic rings. The van der Waals surface area contributed by atoms with Gasteiger partial charge in [-0.05, 0) is 98.4 Å². The van der Waals surface area contributed by atoms with Gasteiger partial charge in [-0.1, -0.05) is 6.07 Å². The summed E-state index contributed by atoms with van der Waals surface area (Å²) in [5.41, 5.74) is 5.47. The predicted octanol–water partition coefficient (Wildman–Crippen LogP) is 5.34. The number of nitrogens with one attached hydrogen (secondary N) is 2. The van der Waals surface area contributed by atoms with E-state index in [1.165, 1.54) is 24.3 Å². The molecule has 2 aromatic carbocycles. The number of benzene rings is 2. The lowest BCUT2D eigenvalue weighted by molar-refractivity contribution is -0.116. The van der Waals surface area contributed by atoms with E-state index in [2.05, 4.69) is 33.2 Å². The fraction of sp³-hybridized carbons (Fsp3) is 0.207. The molecule has 1 saturated heterocycles. The highest BCUT2D eigenvalue weighted by atomic mass is 32.1. The van der Waals surface area contributed by atoms with Crippen molar-refractivity contribution in [1.29, 1.82) is 0 Å². The molecule has 1 amide bonds. The van der Waals surface area contributed by atoms with Crippen LogP contribution >= 0.6 is 12.2 Å². The van der Waals surface area contributed by atoms with Gasteiger partial charge < -0.3 is 25.2 Å². The number of rotatable bonds is 7. The van der Waals surface area contributed by atoms with Gasteiger partial charge in [0.1, 0.15) is 11.6 Å². The summed E-state index contributed by atoms with van der Waals surface area (Å²) in [6, 6.07) is 20.3. The number of aromatic hydroxyl groups is 1. The maximum absolute atomic E-state index is 13.2. The number of amides is 1. The third kappa shape index (κ3) is 5.10. The molecular weight excluding hydrogens is 501 g/mol. The average Bonchev–Trinajstić information content (AvgIpc) is 3.39. The number of anilines is 1. The molecule has 0 aliphatic carbocycles. The maximum atomic E-state index is 13.2. The molecule has 9 heteroatoms. The highest BCUT2D eigenvalue weighted by Crippen LogP contribution is 2.41. The molecule has 3 heterocycles. The minimum atomic E-state index is -0.357. The number of hydrogen-bond acceptors (Lipinski definition) is 4. The van der Waals surface area contributed by atoms with Gasteiger partial charge in [-0.3, -0.25) is 9.78 Å². The van der Waals surface area contributed by atoms with Gasteiger partial charge in [-0.2, -0.15) is 0 Å². The van der Waals surface area contributed by atoms with Crippen molar-refractivity contribution in [2.45, 2.75) is 32.4 Å². The number of carbonyl (C=O) groups excluding carboxylic acids is 1. The second kappa shape index (κ2) is 10.6. The van der Waals surface area contributed by atoms with Crippen LogP contribution in [-0.4, -0.2) is 37.1 Å². The summed E-state index contributed by atoms with van der Waals surface area (Å²) in [4.78, 5) is 19.4. The van der Waals surface area contributed by atoms with Gasteiger partial charge in [0.05, 0.1) is 17.8 Å². The van der Waals surface area contributed by atoms with Crippen molar-refractivity contribution in [2.24, 2.45) is 0 Å². The molecule has 3 N–H and O–H groups in total. The first-order valence-corrected chi connectivity index (χ1v) is 12.7. The first kappa shape index (κ1) is 25.4. The molecule has 1 aliphatic heterocycles. The predicted molar refractivity (Wildman–Crippen MR) is 149 cm³/mol. The van der Waals surface area contributed by atoms with E-state index in [0.717, 1.165) is 28.3 Å². The Bertz CT molecular complexity index is 1460. The topological polar surface area (TPSA) is 82.4 Å². The standard InChI is InChI=1S/C29H28FN5O2S/c1-18-17-24(19(2)35(18)22-10-12-23(36)13-11-22)28-27(25-5-3-4-15-31-25)33-29(38)34(28)16-14-26(37)32-21-8-6-20(30)7-9-21/h3-13,15,17,27-28,36H,14,16H2,1-2H3,(H,32,37)(H,33,38)/t27-,28+/m0/s1. The van der Waals surface area contributed by atoms with Gasteiger partial charge in [-0.25, -0.2) is 4.39 Å². The third-order valence-electron chi connectivity index (χ3n) is 6.80. The normalized spacial score (nSPS) is 16.9. The van der Waals surface area contributed by atoms with Crippen LogP contribution in [0.3, 0.4) is 0 Å². The minimum absolute atomic E-state index is 0.186. The van der Waals surface area contributed by atoms with Crippen LogP contribution in [0.25, 0.3) is 5.69 Å². The van der Waals surface area contributed by atoms with E-state index >= 15 is 0 Å². The van der Waals surface area contributed by atoms with Crippen molar-refractivity contribution in [3.63, 3.8) is 0 Å². The summed E-state index contributed by atoms with van der Waals surface area (Å²) in [6.45, 7) is 4.49. The second-order valence-electron chi connectivity index (χ2n) is 9.30. The molecular formula is C29H28FN5O2S. The van der Waals surface area contributed by atoms with E-state index in [9.17, 15) is 14.3 Å². The highest BCUT2D eigenvalue weighted by Gasteiger charge is 2.41. The number of aromatic nitrogens is 2. The molecule has 7 nitrogen and oxygen atoms in total. The van der Waals surface area contributed by atoms with E-state index in [4.69, 9.17) is 12.2 Å². The third-order valence-corrected chi connectivity index (χ3v) is 7.15. The zero-order chi connectivity index (χ0) is 26.8. The zero-order valence-corrected chi connectivity index (χ0v) is 21.9. The Labute approximate surface area is 225 Å². The lowest BCUT2D eigenvalue weighted by Crippen LogP contribution is -2.32. The van der Waals surface area contributed by atoms with E-state index < -0.39 is 0 Å². The molecule has 2 atom stereocenters. The number of nitrogens with zero attached hydrogens (tertiary/aromatic N) is 3. The van der Waals surface area contributed by atoms with E-state index in [0.29, 0.717) is 17.3 Å². The van der Waals surface area contributed by atoms with Crippen molar-refractivity contribution in [2.75, 3.05) is 11.9 Å². The fourth-order valence-electron chi connectivity index (χ4n) is 5.05. The Kier molecular flexibility index (Phi) is 7.11. The SMILES string of the molecule is Cc1cc([C@@H]2[C@H](c3ccccn3)NC(=S)N2CCC(=O)Nc2ccc(F)cc2)c(C)n1-c1ccc(O)cc1. The second-order valence-corrected chi connectivity index (χ2v) is 9.69. The van der Waals surface area contributed by atoms with E-state index in [1.807, 2.05) is 42.2 Å². The maximum Gasteiger partial charge on any atom is 0.226 e. The van der Waals surface area contributed by atoms with Gasteiger partial charge >= 0.3 is 0 Å². The van der Waals surface area contributed by atoms with Crippen LogP contribution in [0.4, 0.5) is 10.1 Å². The quantitative estimate of drug-likeness (QED) is 0.281. The van der Waals surface area contributed by atoms with Gasteiger partial charge in [0.25, 0.3) is 0 Å². The van der Waals surface area contributed by atoms with Crippen molar-refractivity contribution >= 4 is 28.9 Å². The highest BCUT2D eigenvalue weighted by molar-refractivity contribution is 7.80. The largest absolute Gasteiger partial charge is 0.508 e. The minimum Gasteiger partial charge on any atom is -0.508 e. The van der Waals surface area contributed by atoms with Crippen molar-refractivity contribution < 1.29 is 14.3 Å². The number of phenols is 1.